The van der Waals surface area contributed by atoms with Gasteiger partial charge in [-0.25, -0.2) is 0 Å². The van der Waals surface area contributed by atoms with Gasteiger partial charge < -0.3 is 23.7 Å². The minimum Gasteiger partial charge on any atom is -0.344 e. The van der Waals surface area contributed by atoms with E-state index in [1.165, 1.54) is 0 Å². The second kappa shape index (κ2) is 3.94. The van der Waals surface area contributed by atoms with Crippen molar-refractivity contribution in [2.45, 2.75) is 57.3 Å². The average molecular weight is 240 g/mol. The Bertz CT molecular complexity index is 369. The van der Waals surface area contributed by atoms with Crippen molar-refractivity contribution < 1.29 is 23.7 Å². The Morgan fingerprint density at radius 3 is 2.59 bits per heavy atom. The molecular weight excluding hydrogens is 224 g/mol. The smallest absolute Gasteiger partial charge is 0.190 e. The van der Waals surface area contributed by atoms with Crippen molar-refractivity contribution in [3.63, 3.8) is 0 Å². The van der Waals surface area contributed by atoms with Gasteiger partial charge in [0.25, 0.3) is 0 Å². The van der Waals surface area contributed by atoms with Gasteiger partial charge in [-0.3, -0.25) is 0 Å². The molecule has 5 heteroatoms. The predicted octanol–water partition coefficient (Wildman–Crippen LogP) is 0.628. The summed E-state index contributed by atoms with van der Waals surface area (Å²) in [5, 5.41) is 0. The van der Waals surface area contributed by atoms with Gasteiger partial charge in [0.1, 0.15) is 24.4 Å². The van der Waals surface area contributed by atoms with Crippen LogP contribution in [0.15, 0.2) is 0 Å². The minimum atomic E-state index is -0.632. The Hall–Kier alpha value is -0.640. The number of fused-ring (bicyclic) bond motifs is 3. The van der Waals surface area contributed by atoms with Gasteiger partial charge in [-0.15, -0.1) is 5.92 Å². The molecule has 3 heterocycles. The van der Waals surface area contributed by atoms with Gasteiger partial charge in [-0.2, -0.15) is 0 Å². The Kier molecular flexibility index (Phi) is 2.65. The molecule has 0 N–H and O–H groups in total. The molecule has 0 aromatic carbocycles. The first-order valence-electron chi connectivity index (χ1n) is 5.77. The van der Waals surface area contributed by atoms with E-state index in [9.17, 15) is 0 Å². The quantitative estimate of drug-likeness (QED) is 0.581. The third-order valence-electron chi connectivity index (χ3n) is 3.11. The van der Waals surface area contributed by atoms with E-state index in [1.54, 1.807) is 6.92 Å². The molecule has 0 radical (unpaired) electrons. The van der Waals surface area contributed by atoms with E-state index in [4.69, 9.17) is 23.7 Å². The van der Waals surface area contributed by atoms with E-state index < -0.39 is 12.1 Å². The fraction of sp³-hybridized carbons (Fsp3) is 0.833. The molecule has 3 rings (SSSR count). The Morgan fingerprint density at radius 1 is 1.06 bits per heavy atom. The number of hydrogen-bond acceptors (Lipinski definition) is 5. The van der Waals surface area contributed by atoms with Gasteiger partial charge in [-0.05, 0) is 20.8 Å². The summed E-state index contributed by atoms with van der Waals surface area (Å²) >= 11 is 0. The standard InChI is InChI=1S/C12H16O5/c1-4-5-7-8-9(17-12(2,3)16-8)10-11(15-7)14-6-13-10/h7-11H,6H2,1-3H3/t7?,8-,9-,10?,11?/m1/s1. The summed E-state index contributed by atoms with van der Waals surface area (Å²) in [5.74, 6) is 5.21. The Balaban J connectivity index is 1.88. The normalized spacial score (nSPS) is 46.9. The van der Waals surface area contributed by atoms with E-state index in [0.29, 0.717) is 0 Å². The highest BCUT2D eigenvalue weighted by Crippen LogP contribution is 2.40. The zero-order valence-corrected chi connectivity index (χ0v) is 10.1. The fourth-order valence-electron chi connectivity index (χ4n) is 2.51. The zero-order valence-electron chi connectivity index (χ0n) is 10.1. The molecule has 0 aliphatic carbocycles. The second-order valence-corrected chi connectivity index (χ2v) is 4.80. The molecule has 0 saturated carbocycles. The number of hydrogen-bond donors (Lipinski definition) is 0. The summed E-state index contributed by atoms with van der Waals surface area (Å²) in [7, 11) is 0. The van der Waals surface area contributed by atoms with Crippen LogP contribution in [-0.2, 0) is 23.7 Å². The van der Waals surface area contributed by atoms with Gasteiger partial charge in [0, 0.05) is 0 Å². The molecule has 0 aromatic rings. The monoisotopic (exact) mass is 240 g/mol. The van der Waals surface area contributed by atoms with Crippen LogP contribution < -0.4 is 0 Å². The van der Waals surface area contributed by atoms with Gasteiger partial charge in [-0.1, -0.05) is 5.92 Å². The maximum absolute atomic E-state index is 5.87. The van der Waals surface area contributed by atoms with Crippen molar-refractivity contribution in [3.05, 3.63) is 0 Å². The molecule has 3 aliphatic rings. The van der Waals surface area contributed by atoms with Crippen LogP contribution in [0.4, 0.5) is 0 Å². The molecule has 17 heavy (non-hydrogen) atoms. The van der Waals surface area contributed by atoms with Crippen molar-refractivity contribution >= 4 is 0 Å². The molecule has 0 spiro atoms. The molecule has 3 unspecified atom stereocenters. The van der Waals surface area contributed by atoms with Crippen LogP contribution in [-0.4, -0.2) is 43.3 Å². The lowest BCUT2D eigenvalue weighted by molar-refractivity contribution is -0.202. The summed E-state index contributed by atoms with van der Waals surface area (Å²) in [4.78, 5) is 0. The van der Waals surface area contributed by atoms with Crippen molar-refractivity contribution in [1.82, 2.24) is 0 Å². The number of ether oxygens (including phenoxy) is 5. The highest BCUT2D eigenvalue weighted by molar-refractivity contribution is 5.12. The highest BCUT2D eigenvalue weighted by atomic mass is 16.8. The maximum atomic E-state index is 5.87. The molecular formula is C12H16O5. The van der Waals surface area contributed by atoms with E-state index >= 15 is 0 Å². The minimum absolute atomic E-state index is 0.183. The van der Waals surface area contributed by atoms with E-state index in [0.717, 1.165) is 0 Å². The van der Waals surface area contributed by atoms with E-state index in [-0.39, 0.29) is 31.2 Å². The third kappa shape index (κ3) is 1.86. The lowest BCUT2D eigenvalue weighted by Crippen LogP contribution is -2.54. The Labute approximate surface area is 100 Å². The van der Waals surface area contributed by atoms with Crippen molar-refractivity contribution in [1.29, 1.82) is 0 Å². The van der Waals surface area contributed by atoms with Crippen LogP contribution in [0.1, 0.15) is 20.8 Å². The molecule has 3 fully saturated rings. The largest absolute Gasteiger partial charge is 0.344 e. The van der Waals surface area contributed by atoms with Gasteiger partial charge in [0.05, 0.1) is 0 Å². The van der Waals surface area contributed by atoms with E-state index in [2.05, 4.69) is 11.8 Å². The first kappa shape index (κ1) is 11.5. The topological polar surface area (TPSA) is 46.2 Å². The zero-order chi connectivity index (χ0) is 12.0. The molecule has 5 nitrogen and oxygen atoms in total. The van der Waals surface area contributed by atoms with Crippen molar-refractivity contribution in [2.24, 2.45) is 0 Å². The van der Waals surface area contributed by atoms with Crippen LogP contribution >= 0.6 is 0 Å². The Morgan fingerprint density at radius 2 is 1.82 bits per heavy atom. The summed E-state index contributed by atoms with van der Waals surface area (Å²) in [6.07, 6.45) is -1.36. The first-order chi connectivity index (χ1) is 8.11. The summed E-state index contributed by atoms with van der Waals surface area (Å²) in [5.41, 5.74) is 0. The van der Waals surface area contributed by atoms with Crippen LogP contribution in [0.3, 0.4) is 0 Å². The second-order valence-electron chi connectivity index (χ2n) is 4.80. The number of rotatable bonds is 0. The summed E-state index contributed by atoms with van der Waals surface area (Å²) < 4.78 is 28.3. The lowest BCUT2D eigenvalue weighted by Gasteiger charge is -2.34. The highest BCUT2D eigenvalue weighted by Gasteiger charge is 2.57. The van der Waals surface area contributed by atoms with E-state index in [1.807, 2.05) is 13.8 Å². The van der Waals surface area contributed by atoms with Gasteiger partial charge in [0.2, 0.25) is 0 Å². The average Bonchev–Trinajstić information content (AvgIpc) is 2.81. The van der Waals surface area contributed by atoms with Crippen LogP contribution in [0, 0.1) is 11.8 Å². The summed E-state index contributed by atoms with van der Waals surface area (Å²) in [6, 6.07) is 0. The fourth-order valence-corrected chi connectivity index (χ4v) is 2.51. The predicted molar refractivity (Wildman–Crippen MR) is 56.8 cm³/mol. The molecule has 0 aromatic heterocycles. The van der Waals surface area contributed by atoms with Crippen LogP contribution in [0.5, 0.6) is 0 Å². The molecule has 0 amide bonds. The third-order valence-corrected chi connectivity index (χ3v) is 3.11. The van der Waals surface area contributed by atoms with Crippen LogP contribution in [0.2, 0.25) is 0 Å². The molecule has 0 bridgehead atoms. The first-order valence-corrected chi connectivity index (χ1v) is 5.77. The molecule has 3 saturated heterocycles. The van der Waals surface area contributed by atoms with Crippen molar-refractivity contribution in [3.8, 4) is 11.8 Å². The van der Waals surface area contributed by atoms with Gasteiger partial charge >= 0.3 is 0 Å². The molecule has 94 valence electrons. The van der Waals surface area contributed by atoms with Crippen molar-refractivity contribution in [2.75, 3.05) is 6.79 Å². The molecule has 5 atom stereocenters. The van der Waals surface area contributed by atoms with Crippen LogP contribution in [0.25, 0.3) is 0 Å². The SMILES string of the molecule is CC#CC1OC2OCOC2[C@@H]2OC(C)(C)O[C@H]12. The lowest BCUT2D eigenvalue weighted by atomic mass is 9.99. The summed E-state index contributed by atoms with van der Waals surface area (Å²) in [6.45, 7) is 5.77. The molecule has 3 aliphatic heterocycles. The van der Waals surface area contributed by atoms with Gasteiger partial charge in [0.15, 0.2) is 18.9 Å². The maximum Gasteiger partial charge on any atom is 0.190 e.